The van der Waals surface area contributed by atoms with Gasteiger partial charge >= 0.3 is 0 Å². The average molecular weight is 443 g/mol. The van der Waals surface area contributed by atoms with Gasteiger partial charge in [0.25, 0.3) is 5.56 Å². The first-order chi connectivity index (χ1) is 15.5. The summed E-state index contributed by atoms with van der Waals surface area (Å²) in [5, 5.41) is 22.8. The summed E-state index contributed by atoms with van der Waals surface area (Å²) < 4.78 is 6.97. The van der Waals surface area contributed by atoms with Crippen LogP contribution < -0.4 is 5.56 Å². The lowest BCUT2D eigenvalue weighted by Crippen LogP contribution is -2.34. The minimum Gasteiger partial charge on any atom is -0.396 e. The number of benzene rings is 1. The van der Waals surface area contributed by atoms with Crippen molar-refractivity contribution in [1.82, 2.24) is 30.1 Å². The summed E-state index contributed by atoms with van der Waals surface area (Å²) in [5.74, 6) is 0.755. The van der Waals surface area contributed by atoms with E-state index in [2.05, 4.69) is 45.3 Å². The molecule has 2 N–H and O–H groups in total. The van der Waals surface area contributed by atoms with E-state index in [0.29, 0.717) is 38.2 Å². The Morgan fingerprint density at radius 1 is 1.25 bits per heavy atom. The normalized spacial score (nSPS) is 12.7. The third-order valence-electron chi connectivity index (χ3n) is 5.88. The molecule has 0 fully saturated rings. The van der Waals surface area contributed by atoms with Crippen molar-refractivity contribution in [2.45, 2.75) is 59.2 Å². The molecule has 0 bridgehead atoms. The van der Waals surface area contributed by atoms with Crippen molar-refractivity contribution < 1.29 is 9.84 Å². The van der Waals surface area contributed by atoms with Crippen LogP contribution in [0.2, 0.25) is 0 Å². The first-order valence-corrected chi connectivity index (χ1v) is 11.2. The second kappa shape index (κ2) is 11.3. The van der Waals surface area contributed by atoms with Gasteiger partial charge in [0, 0.05) is 37.9 Å². The van der Waals surface area contributed by atoms with Gasteiger partial charge in [-0.25, -0.2) is 4.68 Å². The van der Waals surface area contributed by atoms with E-state index in [0.717, 1.165) is 35.1 Å². The van der Waals surface area contributed by atoms with Crippen LogP contribution in [-0.4, -0.2) is 62.1 Å². The first-order valence-electron chi connectivity index (χ1n) is 11.2. The fourth-order valence-electron chi connectivity index (χ4n) is 4.01. The summed E-state index contributed by atoms with van der Waals surface area (Å²) in [5.41, 5.74) is 3.78. The van der Waals surface area contributed by atoms with Gasteiger partial charge in [-0.2, -0.15) is 0 Å². The number of aliphatic hydroxyl groups excluding tert-OH is 1. The Balaban J connectivity index is 1.97. The Morgan fingerprint density at radius 2 is 2.03 bits per heavy atom. The van der Waals surface area contributed by atoms with Gasteiger partial charge in [-0.1, -0.05) is 13.3 Å². The lowest BCUT2D eigenvalue weighted by molar-refractivity contribution is 0.141. The van der Waals surface area contributed by atoms with Crippen LogP contribution in [0.5, 0.6) is 0 Å². The average Bonchev–Trinajstić information content (AvgIpc) is 3.23. The molecule has 0 aliphatic rings. The third kappa shape index (κ3) is 5.59. The molecule has 1 atom stereocenters. The van der Waals surface area contributed by atoms with Crippen LogP contribution in [0.15, 0.2) is 23.0 Å². The second-order valence-corrected chi connectivity index (χ2v) is 8.25. The zero-order valence-corrected chi connectivity index (χ0v) is 19.5. The van der Waals surface area contributed by atoms with Crippen LogP contribution in [0.25, 0.3) is 10.9 Å². The van der Waals surface area contributed by atoms with E-state index in [1.165, 1.54) is 5.56 Å². The molecule has 0 aliphatic heterocycles. The maximum absolute atomic E-state index is 12.9. The number of tetrazole rings is 1. The second-order valence-electron chi connectivity index (χ2n) is 8.25. The zero-order chi connectivity index (χ0) is 23.1. The van der Waals surface area contributed by atoms with Crippen LogP contribution in [0.3, 0.4) is 0 Å². The smallest absolute Gasteiger partial charge is 0.252 e. The van der Waals surface area contributed by atoms with E-state index >= 15 is 0 Å². The molecule has 32 heavy (non-hydrogen) atoms. The van der Waals surface area contributed by atoms with Crippen LogP contribution in [-0.2, 0) is 17.8 Å². The standard InChI is InChI=1S/C23H34N6O3/c1-5-7-21(22-25-26-27-29(22)9-11-32-4)28(8-6-10-30)15-19-14-18-12-16(2)17(3)13-20(18)24-23(19)31/h12-14,21,30H,5-11,15H2,1-4H3,(H,24,31)/t21-/m0/s1. The number of aliphatic hydroxyl groups is 1. The highest BCUT2D eigenvalue weighted by Gasteiger charge is 2.26. The molecule has 0 saturated heterocycles. The van der Waals surface area contributed by atoms with Crippen LogP contribution in [0.4, 0.5) is 0 Å². The van der Waals surface area contributed by atoms with Gasteiger partial charge in [-0.15, -0.1) is 5.10 Å². The number of H-pyrrole nitrogens is 1. The monoisotopic (exact) mass is 442 g/mol. The number of aryl methyl sites for hydroxylation is 2. The Labute approximate surface area is 188 Å². The topological polar surface area (TPSA) is 109 Å². The van der Waals surface area contributed by atoms with Gasteiger partial charge in [0.05, 0.1) is 19.2 Å². The molecule has 0 unspecified atom stereocenters. The molecule has 0 amide bonds. The van der Waals surface area contributed by atoms with Crippen molar-refractivity contribution in [2.24, 2.45) is 0 Å². The highest BCUT2D eigenvalue weighted by molar-refractivity contribution is 5.80. The quantitative estimate of drug-likeness (QED) is 0.443. The third-order valence-corrected chi connectivity index (χ3v) is 5.88. The van der Waals surface area contributed by atoms with Gasteiger partial charge in [-0.3, -0.25) is 9.69 Å². The number of rotatable bonds is 12. The molecule has 2 heterocycles. The molecular formula is C23H34N6O3. The number of aromatic amines is 1. The molecule has 1 aromatic carbocycles. The number of aromatic nitrogens is 5. The fourth-order valence-corrected chi connectivity index (χ4v) is 4.01. The minimum absolute atomic E-state index is 0.0757. The maximum Gasteiger partial charge on any atom is 0.252 e. The largest absolute Gasteiger partial charge is 0.396 e. The van der Waals surface area contributed by atoms with Crippen LogP contribution in [0, 0.1) is 13.8 Å². The fraction of sp³-hybridized carbons (Fsp3) is 0.565. The molecule has 0 spiro atoms. The Bertz CT molecular complexity index is 1080. The molecule has 9 heteroatoms. The maximum atomic E-state index is 12.9. The number of nitrogens with one attached hydrogen (secondary N) is 1. The highest BCUT2D eigenvalue weighted by atomic mass is 16.5. The number of ether oxygens (including phenoxy) is 1. The van der Waals surface area contributed by atoms with E-state index in [-0.39, 0.29) is 18.2 Å². The molecule has 3 aromatic rings. The molecule has 9 nitrogen and oxygen atoms in total. The number of fused-ring (bicyclic) bond motifs is 1. The number of nitrogens with zero attached hydrogens (tertiary/aromatic N) is 5. The zero-order valence-electron chi connectivity index (χ0n) is 19.5. The number of hydrogen-bond acceptors (Lipinski definition) is 7. The SMILES string of the molecule is CCC[C@@H](c1nnnn1CCOC)N(CCCO)Cc1cc2cc(C)c(C)cc2[nH]c1=O. The van der Waals surface area contributed by atoms with E-state index in [1.807, 2.05) is 19.1 Å². The summed E-state index contributed by atoms with van der Waals surface area (Å²) in [6, 6.07) is 6.03. The first kappa shape index (κ1) is 24.0. The Hall–Kier alpha value is -2.62. The summed E-state index contributed by atoms with van der Waals surface area (Å²) in [4.78, 5) is 18.2. The molecular weight excluding hydrogens is 408 g/mol. The number of hydrogen-bond donors (Lipinski definition) is 2. The molecule has 0 radical (unpaired) electrons. The van der Waals surface area contributed by atoms with Crippen LogP contribution in [0.1, 0.15) is 54.7 Å². The van der Waals surface area contributed by atoms with Gasteiger partial charge < -0.3 is 14.8 Å². The van der Waals surface area contributed by atoms with E-state index in [4.69, 9.17) is 4.74 Å². The minimum atomic E-state index is -0.0935. The Morgan fingerprint density at radius 3 is 2.75 bits per heavy atom. The van der Waals surface area contributed by atoms with Gasteiger partial charge in [0.15, 0.2) is 5.82 Å². The predicted octanol–water partition coefficient (Wildman–Crippen LogP) is 2.50. The molecule has 3 rings (SSSR count). The molecule has 174 valence electrons. The lowest BCUT2D eigenvalue weighted by Gasteiger charge is -2.30. The number of pyridine rings is 1. The van der Waals surface area contributed by atoms with Gasteiger partial charge in [0.2, 0.25) is 0 Å². The van der Waals surface area contributed by atoms with E-state index < -0.39 is 0 Å². The summed E-state index contributed by atoms with van der Waals surface area (Å²) >= 11 is 0. The lowest BCUT2D eigenvalue weighted by atomic mass is 10.0. The van der Waals surface area contributed by atoms with Crippen LogP contribution >= 0.6 is 0 Å². The number of methoxy groups -OCH3 is 1. The van der Waals surface area contributed by atoms with Crippen molar-refractivity contribution >= 4 is 10.9 Å². The van der Waals surface area contributed by atoms with Gasteiger partial charge in [-0.05, 0) is 71.8 Å². The molecule has 2 aromatic heterocycles. The van der Waals surface area contributed by atoms with Crippen molar-refractivity contribution in [3.63, 3.8) is 0 Å². The Kier molecular flexibility index (Phi) is 8.49. The molecule has 0 aliphatic carbocycles. The van der Waals surface area contributed by atoms with Crippen molar-refractivity contribution in [3.05, 3.63) is 51.1 Å². The summed E-state index contributed by atoms with van der Waals surface area (Å²) in [7, 11) is 1.65. The van der Waals surface area contributed by atoms with Crippen molar-refractivity contribution in [2.75, 3.05) is 26.9 Å². The summed E-state index contributed by atoms with van der Waals surface area (Å²) in [6.45, 7) is 8.46. The predicted molar refractivity (Wildman–Crippen MR) is 123 cm³/mol. The van der Waals surface area contributed by atoms with Gasteiger partial charge in [0.1, 0.15) is 0 Å². The van der Waals surface area contributed by atoms with Crippen molar-refractivity contribution in [1.29, 1.82) is 0 Å². The highest BCUT2D eigenvalue weighted by Crippen LogP contribution is 2.26. The van der Waals surface area contributed by atoms with Crippen molar-refractivity contribution in [3.8, 4) is 0 Å². The summed E-state index contributed by atoms with van der Waals surface area (Å²) in [6.07, 6.45) is 2.37. The van der Waals surface area contributed by atoms with E-state index in [1.54, 1.807) is 11.8 Å². The molecule has 0 saturated carbocycles. The van der Waals surface area contributed by atoms with E-state index in [9.17, 15) is 9.90 Å².